The van der Waals surface area contributed by atoms with Gasteiger partial charge in [-0.2, -0.15) is 0 Å². The first kappa shape index (κ1) is 19.1. The summed E-state index contributed by atoms with van der Waals surface area (Å²) in [6.45, 7) is 6.62. The molecule has 0 radical (unpaired) electrons. The summed E-state index contributed by atoms with van der Waals surface area (Å²) >= 11 is 0. The molecule has 114 valence electrons. The third-order valence-corrected chi connectivity index (χ3v) is 2.51. The number of aliphatic hydroxyl groups excluding tert-OH is 1. The first-order valence-electron chi connectivity index (χ1n) is 6.49. The number of nitrogens with two attached hydrogens (primary N) is 1. The molecule has 4 N–H and O–H groups in total. The molecule has 1 aromatic heterocycles. The van der Waals surface area contributed by atoms with Gasteiger partial charge in [0.2, 0.25) is 0 Å². The minimum absolute atomic E-state index is 0. The van der Waals surface area contributed by atoms with Gasteiger partial charge in [0.25, 0.3) is 0 Å². The van der Waals surface area contributed by atoms with E-state index in [1.54, 1.807) is 6.20 Å². The van der Waals surface area contributed by atoms with Crippen LogP contribution in [0.3, 0.4) is 0 Å². The highest BCUT2D eigenvalue weighted by atomic mass is 127. The predicted molar refractivity (Wildman–Crippen MR) is 93.3 cm³/mol. The van der Waals surface area contributed by atoms with Gasteiger partial charge in [-0.15, -0.1) is 24.0 Å². The molecule has 6 heteroatoms. The monoisotopic (exact) mass is 392 g/mol. The molecular weight excluding hydrogens is 367 g/mol. The quantitative estimate of drug-likeness (QED) is 0.404. The van der Waals surface area contributed by atoms with E-state index in [1.807, 2.05) is 39.0 Å². The number of aliphatic hydroxyl groups is 1. The predicted octanol–water partition coefficient (Wildman–Crippen LogP) is 1.55. The Bertz CT molecular complexity index is 403. The van der Waals surface area contributed by atoms with Crippen LogP contribution in [0.5, 0.6) is 0 Å². The zero-order chi connectivity index (χ0) is 14.3. The maximum absolute atomic E-state index is 9.37. The third-order valence-electron chi connectivity index (χ3n) is 2.51. The maximum Gasteiger partial charge on any atom is 0.188 e. The van der Waals surface area contributed by atoms with E-state index in [2.05, 4.69) is 15.3 Å². The lowest BCUT2D eigenvalue weighted by atomic mass is 10.0. The number of pyridine rings is 1. The Labute approximate surface area is 138 Å². The van der Waals surface area contributed by atoms with Crippen molar-refractivity contribution in [2.24, 2.45) is 16.6 Å². The first-order valence-corrected chi connectivity index (χ1v) is 6.49. The second kappa shape index (κ2) is 9.12. The van der Waals surface area contributed by atoms with Crippen LogP contribution in [0.4, 0.5) is 0 Å². The average molecular weight is 392 g/mol. The van der Waals surface area contributed by atoms with Crippen LogP contribution in [0, 0.1) is 5.92 Å². The molecule has 0 saturated carbocycles. The smallest absolute Gasteiger partial charge is 0.188 e. The van der Waals surface area contributed by atoms with E-state index in [9.17, 15) is 5.11 Å². The molecule has 0 spiro atoms. The van der Waals surface area contributed by atoms with Crippen LogP contribution in [-0.4, -0.2) is 34.7 Å². The number of hydrogen-bond acceptors (Lipinski definition) is 3. The van der Waals surface area contributed by atoms with E-state index >= 15 is 0 Å². The molecule has 0 aliphatic heterocycles. The van der Waals surface area contributed by atoms with Gasteiger partial charge in [0.05, 0.1) is 0 Å². The highest BCUT2D eigenvalue weighted by molar-refractivity contribution is 14.0. The topological polar surface area (TPSA) is 83.5 Å². The molecule has 1 aromatic rings. The molecule has 0 saturated heterocycles. The Morgan fingerprint density at radius 2 is 2.15 bits per heavy atom. The number of halogens is 1. The zero-order valence-electron chi connectivity index (χ0n) is 12.3. The minimum atomic E-state index is -0.108. The summed E-state index contributed by atoms with van der Waals surface area (Å²) < 4.78 is 0. The Morgan fingerprint density at radius 1 is 1.45 bits per heavy atom. The standard InChI is InChI=1S/C14H24N4O.HI/c1-14(2,3)18-13(15)17-9-11(10-19)8-12-6-4-5-7-16-12;/h4-7,11,19H,8-10H2,1-3H3,(H3,15,17,18);1H. The lowest BCUT2D eigenvalue weighted by Gasteiger charge is -2.21. The van der Waals surface area contributed by atoms with Crippen LogP contribution in [0.15, 0.2) is 29.4 Å². The van der Waals surface area contributed by atoms with Gasteiger partial charge >= 0.3 is 0 Å². The van der Waals surface area contributed by atoms with Crippen molar-refractivity contribution in [3.05, 3.63) is 30.1 Å². The Balaban J connectivity index is 0.00000361. The van der Waals surface area contributed by atoms with Gasteiger partial charge in [-0.05, 0) is 39.3 Å². The maximum atomic E-state index is 9.37. The van der Waals surface area contributed by atoms with Crippen LogP contribution in [0.25, 0.3) is 0 Å². The molecule has 0 aliphatic carbocycles. The van der Waals surface area contributed by atoms with Gasteiger partial charge in [0, 0.05) is 36.5 Å². The molecule has 0 aromatic carbocycles. The van der Waals surface area contributed by atoms with Crippen molar-refractivity contribution in [3.63, 3.8) is 0 Å². The molecule has 5 nitrogen and oxygen atoms in total. The van der Waals surface area contributed by atoms with E-state index in [-0.39, 0.29) is 42.0 Å². The van der Waals surface area contributed by atoms with Gasteiger partial charge in [-0.1, -0.05) is 6.07 Å². The summed E-state index contributed by atoms with van der Waals surface area (Å²) in [4.78, 5) is 8.52. The lowest BCUT2D eigenvalue weighted by molar-refractivity contribution is 0.229. The second-order valence-electron chi connectivity index (χ2n) is 5.67. The molecule has 1 unspecified atom stereocenters. The largest absolute Gasteiger partial charge is 0.396 e. The van der Waals surface area contributed by atoms with Gasteiger partial charge in [0.1, 0.15) is 0 Å². The molecule has 0 fully saturated rings. The van der Waals surface area contributed by atoms with Crippen molar-refractivity contribution in [3.8, 4) is 0 Å². The minimum Gasteiger partial charge on any atom is -0.396 e. The molecule has 0 bridgehead atoms. The fraction of sp³-hybridized carbons (Fsp3) is 0.571. The van der Waals surface area contributed by atoms with Crippen LogP contribution in [0.1, 0.15) is 26.5 Å². The number of guanidine groups is 1. The molecule has 0 amide bonds. The highest BCUT2D eigenvalue weighted by Gasteiger charge is 2.12. The summed E-state index contributed by atoms with van der Waals surface area (Å²) in [5.74, 6) is 0.446. The summed E-state index contributed by atoms with van der Waals surface area (Å²) in [7, 11) is 0. The van der Waals surface area contributed by atoms with Crippen molar-refractivity contribution in [2.75, 3.05) is 13.2 Å². The number of aliphatic imine (C=N–C) groups is 1. The van der Waals surface area contributed by atoms with E-state index in [1.165, 1.54) is 0 Å². The summed E-state index contributed by atoms with van der Waals surface area (Å²) in [5, 5.41) is 12.5. The van der Waals surface area contributed by atoms with Crippen molar-refractivity contribution < 1.29 is 5.11 Å². The van der Waals surface area contributed by atoms with Crippen LogP contribution in [0.2, 0.25) is 0 Å². The van der Waals surface area contributed by atoms with Gasteiger partial charge < -0.3 is 16.2 Å². The summed E-state index contributed by atoms with van der Waals surface area (Å²) in [6, 6.07) is 5.76. The zero-order valence-corrected chi connectivity index (χ0v) is 14.7. The van der Waals surface area contributed by atoms with Crippen LogP contribution >= 0.6 is 24.0 Å². The molecule has 20 heavy (non-hydrogen) atoms. The molecule has 1 atom stereocenters. The lowest BCUT2D eigenvalue weighted by Crippen LogP contribution is -2.45. The number of nitrogens with zero attached hydrogens (tertiary/aromatic N) is 2. The van der Waals surface area contributed by atoms with Crippen molar-refractivity contribution in [1.82, 2.24) is 10.3 Å². The summed E-state index contributed by atoms with van der Waals surface area (Å²) in [5.41, 5.74) is 6.65. The van der Waals surface area contributed by atoms with E-state index < -0.39 is 0 Å². The second-order valence-corrected chi connectivity index (χ2v) is 5.67. The van der Waals surface area contributed by atoms with E-state index in [0.717, 1.165) is 5.69 Å². The van der Waals surface area contributed by atoms with Gasteiger partial charge in [0.15, 0.2) is 5.96 Å². The van der Waals surface area contributed by atoms with Crippen molar-refractivity contribution in [2.45, 2.75) is 32.7 Å². The van der Waals surface area contributed by atoms with Gasteiger partial charge in [-0.3, -0.25) is 9.98 Å². The van der Waals surface area contributed by atoms with Crippen LogP contribution < -0.4 is 11.1 Å². The fourth-order valence-electron chi connectivity index (χ4n) is 1.65. The van der Waals surface area contributed by atoms with Crippen molar-refractivity contribution in [1.29, 1.82) is 0 Å². The molecule has 0 aliphatic rings. The fourth-order valence-corrected chi connectivity index (χ4v) is 1.65. The Morgan fingerprint density at radius 3 is 2.65 bits per heavy atom. The average Bonchev–Trinajstić information content (AvgIpc) is 2.33. The molecular formula is C14H25IN4O. The van der Waals surface area contributed by atoms with Crippen molar-refractivity contribution >= 4 is 29.9 Å². The van der Waals surface area contributed by atoms with Gasteiger partial charge in [-0.25, -0.2) is 0 Å². The normalized spacial score (nSPS) is 13.5. The number of rotatable bonds is 5. The Hall–Kier alpha value is -0.890. The molecule has 1 rings (SSSR count). The molecule has 1 heterocycles. The number of nitrogens with one attached hydrogen (secondary N) is 1. The van der Waals surface area contributed by atoms with Crippen LogP contribution in [-0.2, 0) is 6.42 Å². The van der Waals surface area contributed by atoms with E-state index in [0.29, 0.717) is 18.9 Å². The first-order chi connectivity index (χ1) is 8.90. The SMILES string of the molecule is CC(C)(C)NC(N)=NCC(CO)Cc1ccccn1.I. The summed E-state index contributed by atoms with van der Waals surface area (Å²) in [6.07, 6.45) is 2.45. The highest BCUT2D eigenvalue weighted by Crippen LogP contribution is 2.06. The Kier molecular flexibility index (Phi) is 8.71. The van der Waals surface area contributed by atoms with E-state index in [4.69, 9.17) is 5.73 Å². The number of aromatic nitrogens is 1. The third kappa shape index (κ3) is 8.31. The number of hydrogen-bond donors (Lipinski definition) is 3.